The van der Waals surface area contributed by atoms with Crippen molar-refractivity contribution in [3.05, 3.63) is 71.8 Å². The van der Waals surface area contributed by atoms with Crippen LogP contribution in [0.25, 0.3) is 5.70 Å². The van der Waals surface area contributed by atoms with Gasteiger partial charge in [0.2, 0.25) is 0 Å². The van der Waals surface area contributed by atoms with Crippen molar-refractivity contribution in [1.29, 1.82) is 0 Å². The fourth-order valence-corrected chi connectivity index (χ4v) is 4.27. The van der Waals surface area contributed by atoms with Crippen LogP contribution in [0.1, 0.15) is 31.2 Å². The molecular formula is C22H23N3OS. The van der Waals surface area contributed by atoms with Crippen molar-refractivity contribution in [3.8, 4) is 0 Å². The molecule has 1 aliphatic heterocycles. The lowest BCUT2D eigenvalue weighted by atomic mass is 9.87. The molecule has 4 rings (SSSR count). The second-order valence-electron chi connectivity index (χ2n) is 7.10. The van der Waals surface area contributed by atoms with Crippen molar-refractivity contribution in [2.24, 2.45) is 5.92 Å². The van der Waals surface area contributed by atoms with Gasteiger partial charge in [-0.15, -0.1) is 0 Å². The number of rotatable bonds is 4. The molecule has 0 saturated heterocycles. The highest BCUT2D eigenvalue weighted by atomic mass is 32.1. The number of amides is 1. The number of nitrogens with one attached hydrogen (secondary N) is 3. The molecule has 138 valence electrons. The minimum absolute atomic E-state index is 0.0693. The first-order valence-corrected chi connectivity index (χ1v) is 9.87. The number of hydrogen-bond acceptors (Lipinski definition) is 2. The van der Waals surface area contributed by atoms with Crippen LogP contribution in [-0.4, -0.2) is 17.1 Å². The zero-order valence-corrected chi connectivity index (χ0v) is 15.9. The van der Waals surface area contributed by atoms with Crippen LogP contribution >= 0.6 is 12.2 Å². The molecule has 1 amide bonds. The summed E-state index contributed by atoms with van der Waals surface area (Å²) in [6, 6.07) is 19.5. The van der Waals surface area contributed by atoms with E-state index in [9.17, 15) is 4.79 Å². The summed E-state index contributed by atoms with van der Waals surface area (Å²) in [7, 11) is 0. The number of hydrogen-bond donors (Lipinski definition) is 3. The Bertz CT molecular complexity index is 858. The molecule has 5 heteroatoms. The van der Waals surface area contributed by atoms with Gasteiger partial charge in [-0.2, -0.15) is 0 Å². The normalized spacial score (nSPS) is 20.1. The van der Waals surface area contributed by atoms with Gasteiger partial charge in [0.15, 0.2) is 5.11 Å². The number of thiocarbonyl (C=S) groups is 1. The van der Waals surface area contributed by atoms with Crippen LogP contribution in [0.2, 0.25) is 0 Å². The van der Waals surface area contributed by atoms with E-state index in [1.807, 2.05) is 60.7 Å². The van der Waals surface area contributed by atoms with Gasteiger partial charge in [0.25, 0.3) is 5.91 Å². The van der Waals surface area contributed by atoms with Crippen LogP contribution in [0.15, 0.2) is 66.2 Å². The molecule has 0 spiro atoms. The summed E-state index contributed by atoms with van der Waals surface area (Å²) in [4.78, 5) is 13.3. The van der Waals surface area contributed by atoms with Gasteiger partial charge in [0.1, 0.15) is 0 Å². The van der Waals surface area contributed by atoms with E-state index in [1.165, 1.54) is 12.8 Å². The van der Waals surface area contributed by atoms with E-state index in [0.29, 0.717) is 11.0 Å². The molecule has 3 N–H and O–H groups in total. The monoisotopic (exact) mass is 377 g/mol. The summed E-state index contributed by atoms with van der Waals surface area (Å²) in [6.45, 7) is 0. The number of anilines is 1. The third kappa shape index (κ3) is 3.88. The summed E-state index contributed by atoms with van der Waals surface area (Å²) < 4.78 is 0. The van der Waals surface area contributed by atoms with Crippen molar-refractivity contribution in [3.63, 3.8) is 0 Å². The Labute approximate surface area is 165 Å². The third-order valence-electron chi connectivity index (χ3n) is 5.32. The predicted molar refractivity (Wildman–Crippen MR) is 113 cm³/mol. The van der Waals surface area contributed by atoms with Crippen molar-refractivity contribution in [2.45, 2.75) is 31.7 Å². The lowest BCUT2D eigenvalue weighted by molar-refractivity contribution is -0.113. The fraction of sp³-hybridized carbons (Fsp3) is 0.273. The number of carbonyl (C=O) groups is 1. The average Bonchev–Trinajstić information content (AvgIpc) is 3.23. The topological polar surface area (TPSA) is 53.2 Å². The minimum atomic E-state index is -0.0838. The molecule has 0 bridgehead atoms. The molecule has 1 aliphatic carbocycles. The van der Waals surface area contributed by atoms with E-state index < -0.39 is 0 Å². The summed E-state index contributed by atoms with van der Waals surface area (Å²) in [6.07, 6.45) is 4.64. The number of carbonyl (C=O) groups excluding carboxylic acids is 1. The van der Waals surface area contributed by atoms with Crippen LogP contribution in [0.4, 0.5) is 5.69 Å². The third-order valence-corrected chi connectivity index (χ3v) is 5.54. The lowest BCUT2D eigenvalue weighted by Gasteiger charge is -2.34. The van der Waals surface area contributed by atoms with Crippen molar-refractivity contribution >= 4 is 34.6 Å². The molecule has 4 nitrogen and oxygen atoms in total. The van der Waals surface area contributed by atoms with E-state index >= 15 is 0 Å². The minimum Gasteiger partial charge on any atom is -0.355 e. The molecule has 27 heavy (non-hydrogen) atoms. The van der Waals surface area contributed by atoms with Gasteiger partial charge >= 0.3 is 0 Å². The summed E-state index contributed by atoms with van der Waals surface area (Å²) >= 11 is 5.48. The van der Waals surface area contributed by atoms with E-state index in [2.05, 4.69) is 16.0 Å². The zero-order valence-electron chi connectivity index (χ0n) is 15.1. The Morgan fingerprint density at radius 2 is 1.59 bits per heavy atom. The molecule has 2 aliphatic rings. The van der Waals surface area contributed by atoms with Gasteiger partial charge in [0.05, 0.1) is 17.3 Å². The maximum Gasteiger partial charge on any atom is 0.255 e. The highest BCUT2D eigenvalue weighted by molar-refractivity contribution is 7.80. The summed E-state index contributed by atoms with van der Waals surface area (Å²) in [5.74, 6) is 0.333. The Morgan fingerprint density at radius 3 is 2.26 bits per heavy atom. The Hall–Kier alpha value is -2.66. The van der Waals surface area contributed by atoms with Gasteiger partial charge < -0.3 is 16.0 Å². The van der Waals surface area contributed by atoms with Crippen molar-refractivity contribution in [2.75, 3.05) is 5.32 Å². The first-order valence-electron chi connectivity index (χ1n) is 9.46. The number of benzene rings is 2. The van der Waals surface area contributed by atoms with Gasteiger partial charge in [-0.05, 0) is 48.7 Å². The van der Waals surface area contributed by atoms with E-state index in [0.717, 1.165) is 35.4 Å². The highest BCUT2D eigenvalue weighted by Gasteiger charge is 2.37. The van der Waals surface area contributed by atoms with Crippen LogP contribution in [-0.2, 0) is 4.79 Å². The largest absolute Gasteiger partial charge is 0.355 e. The molecular weight excluding hydrogens is 354 g/mol. The first-order chi connectivity index (χ1) is 13.2. The molecule has 1 unspecified atom stereocenters. The quantitative estimate of drug-likeness (QED) is 0.703. The summed E-state index contributed by atoms with van der Waals surface area (Å²) in [5.41, 5.74) is 3.32. The summed E-state index contributed by atoms with van der Waals surface area (Å²) in [5, 5.41) is 10.3. The lowest BCUT2D eigenvalue weighted by Crippen LogP contribution is -2.52. The van der Waals surface area contributed by atoms with Gasteiger partial charge in [0, 0.05) is 5.69 Å². The Kier molecular flexibility index (Phi) is 5.21. The molecule has 0 radical (unpaired) electrons. The first kappa shape index (κ1) is 17.7. The SMILES string of the molecule is O=C(Nc1ccccc1)C1=C(c2ccccc2)NC(=S)NC1C1CCCC1. The Balaban J connectivity index is 1.77. The Morgan fingerprint density at radius 1 is 0.963 bits per heavy atom. The molecule has 1 atom stereocenters. The van der Waals surface area contributed by atoms with Crippen molar-refractivity contribution in [1.82, 2.24) is 10.6 Å². The van der Waals surface area contributed by atoms with E-state index in [1.54, 1.807) is 0 Å². The van der Waals surface area contributed by atoms with Crippen LogP contribution in [0.5, 0.6) is 0 Å². The highest BCUT2D eigenvalue weighted by Crippen LogP contribution is 2.35. The molecule has 1 heterocycles. The second-order valence-corrected chi connectivity index (χ2v) is 7.50. The standard InChI is InChI=1S/C22H23N3OS/c26-21(23-17-13-5-2-6-14-17)18-19(15-9-3-1-4-10-15)24-22(27)25-20(18)16-11-7-8-12-16/h1-6,9-10,13-14,16,20H,7-8,11-12H2,(H,23,26)(H2,24,25,27). The zero-order chi connectivity index (χ0) is 18.6. The molecule has 2 aromatic rings. The molecule has 1 fully saturated rings. The smallest absolute Gasteiger partial charge is 0.255 e. The van der Waals surface area contributed by atoms with E-state index in [4.69, 9.17) is 12.2 Å². The fourth-order valence-electron chi connectivity index (χ4n) is 4.04. The molecule has 2 aromatic carbocycles. The van der Waals surface area contributed by atoms with Crippen molar-refractivity contribution < 1.29 is 4.79 Å². The van der Waals surface area contributed by atoms with Gasteiger partial charge in [-0.3, -0.25) is 4.79 Å². The molecule has 1 saturated carbocycles. The van der Waals surface area contributed by atoms with Crippen LogP contribution in [0, 0.1) is 5.92 Å². The molecule has 0 aromatic heterocycles. The predicted octanol–water partition coefficient (Wildman–Crippen LogP) is 4.07. The average molecular weight is 378 g/mol. The number of para-hydroxylation sites is 1. The maximum atomic E-state index is 13.3. The van der Waals surface area contributed by atoms with Crippen LogP contribution in [0.3, 0.4) is 0 Å². The van der Waals surface area contributed by atoms with Crippen LogP contribution < -0.4 is 16.0 Å². The van der Waals surface area contributed by atoms with Gasteiger partial charge in [-0.25, -0.2) is 0 Å². The van der Waals surface area contributed by atoms with E-state index in [-0.39, 0.29) is 11.9 Å². The maximum absolute atomic E-state index is 13.3. The van der Waals surface area contributed by atoms with Gasteiger partial charge in [-0.1, -0.05) is 61.4 Å². The second kappa shape index (κ2) is 7.92.